The maximum Gasteiger partial charge on any atom is 0.416 e. The van der Waals surface area contributed by atoms with Gasteiger partial charge in [-0.1, -0.05) is 29.4 Å². The van der Waals surface area contributed by atoms with Crippen molar-refractivity contribution < 1.29 is 26.9 Å². The molecule has 1 saturated heterocycles. The van der Waals surface area contributed by atoms with Gasteiger partial charge in [-0.2, -0.15) is 18.2 Å². The lowest BCUT2D eigenvalue weighted by atomic mass is 10.1. The molecule has 0 bridgehead atoms. The largest absolute Gasteiger partial charge is 0.416 e. The first kappa shape index (κ1) is 19.1. The molecule has 0 aliphatic carbocycles. The number of benzene rings is 2. The second-order valence-electron chi connectivity index (χ2n) is 6.84. The topological polar surface area (TPSA) is 59.2 Å². The Bertz CT molecular complexity index is 1050. The number of hydrogen-bond donors (Lipinski definition) is 0. The smallest absolute Gasteiger partial charge is 0.339 e. The van der Waals surface area contributed by atoms with Crippen molar-refractivity contribution >= 4 is 5.91 Å². The van der Waals surface area contributed by atoms with Gasteiger partial charge in [0.2, 0.25) is 17.6 Å². The predicted octanol–water partition coefficient (Wildman–Crippen LogP) is 4.41. The minimum Gasteiger partial charge on any atom is -0.339 e. The summed E-state index contributed by atoms with van der Waals surface area (Å²) in [6, 6.07) is 10.6. The molecule has 1 amide bonds. The van der Waals surface area contributed by atoms with Crippen LogP contribution in [-0.2, 0) is 17.5 Å². The highest BCUT2D eigenvalue weighted by molar-refractivity contribution is 5.79. The number of alkyl halides is 3. The molecule has 0 radical (unpaired) electrons. The van der Waals surface area contributed by atoms with E-state index in [1.165, 1.54) is 29.2 Å². The third-order valence-electron chi connectivity index (χ3n) is 4.72. The van der Waals surface area contributed by atoms with Crippen LogP contribution in [0.25, 0.3) is 11.4 Å². The summed E-state index contributed by atoms with van der Waals surface area (Å²) in [6.07, 6.45) is -4.33. The summed E-state index contributed by atoms with van der Waals surface area (Å²) in [4.78, 5) is 18.0. The minimum absolute atomic E-state index is 0.0597. The van der Waals surface area contributed by atoms with Gasteiger partial charge in [0.05, 0.1) is 11.5 Å². The first-order valence-electron chi connectivity index (χ1n) is 8.83. The predicted molar refractivity (Wildman–Crippen MR) is 93.9 cm³/mol. The summed E-state index contributed by atoms with van der Waals surface area (Å²) in [5.74, 6) is -0.564. The van der Waals surface area contributed by atoms with E-state index in [1.807, 2.05) is 0 Å². The standard InChI is InChI=1S/C20H15F4N3O2/c21-16-6-2-4-13(8-16)18-25-19(29-26-18)14-9-17(28)27(11-14)10-12-3-1-5-15(7-12)20(22,23)24/h1-8,14H,9-11H2. The second kappa shape index (κ2) is 7.31. The molecule has 0 N–H and O–H groups in total. The van der Waals surface area contributed by atoms with Gasteiger partial charge in [-0.15, -0.1) is 0 Å². The average Bonchev–Trinajstić information content (AvgIpc) is 3.29. The van der Waals surface area contributed by atoms with Crippen molar-refractivity contribution in [1.82, 2.24) is 15.0 Å². The number of halogens is 4. The Kier molecular flexibility index (Phi) is 4.81. The van der Waals surface area contributed by atoms with Crippen LogP contribution in [0.1, 0.15) is 29.4 Å². The summed E-state index contributed by atoms with van der Waals surface area (Å²) in [7, 11) is 0. The van der Waals surface area contributed by atoms with Crippen molar-refractivity contribution in [2.24, 2.45) is 0 Å². The van der Waals surface area contributed by atoms with E-state index in [9.17, 15) is 22.4 Å². The molecule has 1 aliphatic heterocycles. The van der Waals surface area contributed by atoms with E-state index in [0.717, 1.165) is 12.1 Å². The Balaban J connectivity index is 1.48. The fraction of sp³-hybridized carbons (Fsp3) is 0.250. The molecule has 3 aromatic rings. The zero-order chi connectivity index (χ0) is 20.6. The fourth-order valence-corrected chi connectivity index (χ4v) is 3.30. The number of likely N-dealkylation sites (tertiary alicyclic amines) is 1. The zero-order valence-electron chi connectivity index (χ0n) is 15.0. The SMILES string of the molecule is O=C1CC(c2nc(-c3cccc(F)c3)no2)CN1Cc1cccc(C(F)(F)F)c1. The van der Waals surface area contributed by atoms with Gasteiger partial charge >= 0.3 is 6.18 Å². The maximum absolute atomic E-state index is 13.4. The quantitative estimate of drug-likeness (QED) is 0.604. The molecule has 1 fully saturated rings. The van der Waals surface area contributed by atoms with Crippen molar-refractivity contribution in [2.45, 2.75) is 25.1 Å². The molecule has 1 unspecified atom stereocenters. The van der Waals surface area contributed by atoms with Gasteiger partial charge in [-0.3, -0.25) is 4.79 Å². The van der Waals surface area contributed by atoms with Gasteiger partial charge in [0.15, 0.2) is 0 Å². The van der Waals surface area contributed by atoms with Gasteiger partial charge in [0, 0.05) is 25.1 Å². The number of carbonyl (C=O) groups is 1. The van der Waals surface area contributed by atoms with E-state index >= 15 is 0 Å². The highest BCUT2D eigenvalue weighted by Crippen LogP contribution is 2.32. The maximum atomic E-state index is 13.4. The van der Waals surface area contributed by atoms with E-state index in [-0.39, 0.29) is 43.1 Å². The van der Waals surface area contributed by atoms with E-state index in [4.69, 9.17) is 4.52 Å². The molecule has 1 aliphatic rings. The molecule has 1 atom stereocenters. The molecule has 1 aromatic heterocycles. The highest BCUT2D eigenvalue weighted by atomic mass is 19.4. The number of hydrogen-bond acceptors (Lipinski definition) is 4. The molecule has 0 spiro atoms. The third-order valence-corrected chi connectivity index (χ3v) is 4.72. The number of amides is 1. The van der Waals surface area contributed by atoms with E-state index in [1.54, 1.807) is 12.1 Å². The summed E-state index contributed by atoms with van der Waals surface area (Å²) in [5, 5.41) is 3.84. The van der Waals surface area contributed by atoms with Crippen LogP contribution in [0.3, 0.4) is 0 Å². The van der Waals surface area contributed by atoms with Crippen LogP contribution in [0.2, 0.25) is 0 Å². The van der Waals surface area contributed by atoms with E-state index in [0.29, 0.717) is 11.1 Å². The highest BCUT2D eigenvalue weighted by Gasteiger charge is 2.35. The Hall–Kier alpha value is -3.23. The van der Waals surface area contributed by atoms with E-state index in [2.05, 4.69) is 10.1 Å². The normalized spacial score (nSPS) is 17.2. The molecule has 0 saturated carbocycles. The number of rotatable bonds is 4. The van der Waals surface area contributed by atoms with Crippen LogP contribution in [0.4, 0.5) is 17.6 Å². The summed E-state index contributed by atoms with van der Waals surface area (Å²) in [6.45, 7) is 0.310. The van der Waals surface area contributed by atoms with Crippen molar-refractivity contribution in [2.75, 3.05) is 6.54 Å². The van der Waals surface area contributed by atoms with Gasteiger partial charge in [0.25, 0.3) is 0 Å². The van der Waals surface area contributed by atoms with E-state index < -0.39 is 17.6 Å². The second-order valence-corrected chi connectivity index (χ2v) is 6.84. The molecule has 4 rings (SSSR count). The first-order valence-corrected chi connectivity index (χ1v) is 8.83. The average molecular weight is 405 g/mol. The van der Waals surface area contributed by atoms with Gasteiger partial charge in [0.1, 0.15) is 5.82 Å². The number of aromatic nitrogens is 2. The molecule has 2 aromatic carbocycles. The molecule has 29 heavy (non-hydrogen) atoms. The first-order chi connectivity index (χ1) is 13.8. The summed E-state index contributed by atoms with van der Waals surface area (Å²) < 4.78 is 57.2. The Morgan fingerprint density at radius 3 is 2.69 bits per heavy atom. The van der Waals surface area contributed by atoms with Gasteiger partial charge in [-0.05, 0) is 29.8 Å². The monoisotopic (exact) mass is 405 g/mol. The Morgan fingerprint density at radius 1 is 1.14 bits per heavy atom. The molecule has 9 heteroatoms. The van der Waals surface area contributed by atoms with Crippen LogP contribution >= 0.6 is 0 Å². The lowest BCUT2D eigenvalue weighted by Gasteiger charge is -2.17. The molecular formula is C20H15F4N3O2. The Labute approximate surface area is 162 Å². The number of carbonyl (C=O) groups excluding carboxylic acids is 1. The van der Waals surface area contributed by atoms with Crippen molar-refractivity contribution in [1.29, 1.82) is 0 Å². The fourth-order valence-electron chi connectivity index (χ4n) is 3.30. The van der Waals surface area contributed by atoms with Gasteiger partial charge in [-0.25, -0.2) is 4.39 Å². The lowest BCUT2D eigenvalue weighted by molar-refractivity contribution is -0.137. The Morgan fingerprint density at radius 2 is 1.93 bits per heavy atom. The van der Waals surface area contributed by atoms with Crippen LogP contribution in [-0.4, -0.2) is 27.5 Å². The van der Waals surface area contributed by atoms with Crippen LogP contribution < -0.4 is 0 Å². The van der Waals surface area contributed by atoms with Crippen LogP contribution in [0.5, 0.6) is 0 Å². The number of nitrogens with zero attached hydrogens (tertiary/aromatic N) is 3. The zero-order valence-corrected chi connectivity index (χ0v) is 15.0. The van der Waals surface area contributed by atoms with Gasteiger partial charge < -0.3 is 9.42 Å². The van der Waals surface area contributed by atoms with Crippen LogP contribution in [0.15, 0.2) is 53.1 Å². The summed E-state index contributed by atoms with van der Waals surface area (Å²) in [5.41, 5.74) is 0.0831. The molecular weight excluding hydrogens is 390 g/mol. The summed E-state index contributed by atoms with van der Waals surface area (Å²) >= 11 is 0. The lowest BCUT2D eigenvalue weighted by Crippen LogP contribution is -2.24. The van der Waals surface area contributed by atoms with Crippen molar-refractivity contribution in [3.05, 3.63) is 71.4 Å². The van der Waals surface area contributed by atoms with Crippen LogP contribution in [0, 0.1) is 5.82 Å². The third kappa shape index (κ3) is 4.13. The molecule has 5 nitrogen and oxygen atoms in total. The minimum atomic E-state index is -4.44. The molecule has 150 valence electrons. The molecule has 2 heterocycles. The van der Waals surface area contributed by atoms with Crippen molar-refractivity contribution in [3.63, 3.8) is 0 Å². The van der Waals surface area contributed by atoms with Crippen molar-refractivity contribution in [3.8, 4) is 11.4 Å².